The SMILES string of the molecule is CC1CCC(C(C)C)C(OCCCc2cccc(N)c2)C1. The molecule has 0 spiro atoms. The molecule has 0 saturated heterocycles. The highest BCUT2D eigenvalue weighted by Gasteiger charge is 2.31. The van der Waals surface area contributed by atoms with Gasteiger partial charge < -0.3 is 10.5 Å². The van der Waals surface area contributed by atoms with Gasteiger partial charge in [-0.25, -0.2) is 0 Å². The molecule has 2 nitrogen and oxygen atoms in total. The van der Waals surface area contributed by atoms with Crippen molar-refractivity contribution < 1.29 is 4.74 Å². The maximum Gasteiger partial charge on any atom is 0.0608 e. The number of benzene rings is 1. The van der Waals surface area contributed by atoms with E-state index in [1.165, 1.54) is 24.8 Å². The summed E-state index contributed by atoms with van der Waals surface area (Å²) in [5.41, 5.74) is 7.99. The van der Waals surface area contributed by atoms with Crippen molar-refractivity contribution in [2.24, 2.45) is 17.8 Å². The minimum Gasteiger partial charge on any atom is -0.399 e. The summed E-state index contributed by atoms with van der Waals surface area (Å²) in [7, 11) is 0. The molecule has 118 valence electrons. The van der Waals surface area contributed by atoms with Gasteiger partial charge in [0.25, 0.3) is 0 Å². The predicted molar refractivity (Wildman–Crippen MR) is 90.3 cm³/mol. The van der Waals surface area contributed by atoms with Crippen LogP contribution in [0.2, 0.25) is 0 Å². The van der Waals surface area contributed by atoms with Crippen LogP contribution in [-0.4, -0.2) is 12.7 Å². The van der Waals surface area contributed by atoms with Crippen LogP contribution in [0.3, 0.4) is 0 Å². The zero-order chi connectivity index (χ0) is 15.2. The summed E-state index contributed by atoms with van der Waals surface area (Å²) in [6.45, 7) is 7.91. The highest BCUT2D eigenvalue weighted by atomic mass is 16.5. The van der Waals surface area contributed by atoms with E-state index < -0.39 is 0 Å². The molecule has 3 atom stereocenters. The number of nitrogens with two attached hydrogens (primary N) is 1. The average Bonchev–Trinajstić information content (AvgIpc) is 2.43. The van der Waals surface area contributed by atoms with E-state index in [9.17, 15) is 0 Å². The fourth-order valence-electron chi connectivity index (χ4n) is 3.57. The summed E-state index contributed by atoms with van der Waals surface area (Å²) >= 11 is 0. The molecule has 0 heterocycles. The molecule has 0 amide bonds. The maximum atomic E-state index is 6.25. The fourth-order valence-corrected chi connectivity index (χ4v) is 3.57. The van der Waals surface area contributed by atoms with Crippen molar-refractivity contribution in [1.29, 1.82) is 0 Å². The second-order valence-corrected chi connectivity index (χ2v) is 7.08. The molecule has 1 aromatic carbocycles. The maximum absolute atomic E-state index is 6.25. The topological polar surface area (TPSA) is 35.2 Å². The predicted octanol–water partition coefficient (Wildman–Crippen LogP) is 4.68. The lowest BCUT2D eigenvalue weighted by Gasteiger charge is -2.37. The first kappa shape index (κ1) is 16.4. The van der Waals surface area contributed by atoms with E-state index in [1.54, 1.807) is 0 Å². The average molecular weight is 289 g/mol. The highest BCUT2D eigenvalue weighted by Crippen LogP contribution is 2.35. The minimum absolute atomic E-state index is 0.467. The Bertz CT molecular complexity index is 429. The molecule has 1 fully saturated rings. The van der Waals surface area contributed by atoms with Crippen LogP contribution in [0.15, 0.2) is 24.3 Å². The van der Waals surface area contributed by atoms with Crippen LogP contribution in [0.5, 0.6) is 0 Å². The van der Waals surface area contributed by atoms with Gasteiger partial charge in [-0.2, -0.15) is 0 Å². The Morgan fingerprint density at radius 2 is 2.10 bits per heavy atom. The van der Waals surface area contributed by atoms with Crippen molar-refractivity contribution in [3.8, 4) is 0 Å². The van der Waals surface area contributed by atoms with Gasteiger partial charge in [0.15, 0.2) is 0 Å². The van der Waals surface area contributed by atoms with Crippen LogP contribution in [0.1, 0.15) is 52.0 Å². The third-order valence-electron chi connectivity index (χ3n) is 4.85. The molecule has 0 aromatic heterocycles. The molecule has 0 bridgehead atoms. The Morgan fingerprint density at radius 1 is 1.29 bits per heavy atom. The summed E-state index contributed by atoms with van der Waals surface area (Å²) in [6, 6.07) is 8.19. The first-order chi connectivity index (χ1) is 10.1. The lowest BCUT2D eigenvalue weighted by molar-refractivity contribution is -0.0388. The quantitative estimate of drug-likeness (QED) is 0.609. The van der Waals surface area contributed by atoms with E-state index in [1.807, 2.05) is 12.1 Å². The van der Waals surface area contributed by atoms with E-state index in [2.05, 4.69) is 32.9 Å². The van der Waals surface area contributed by atoms with Gasteiger partial charge in [0.1, 0.15) is 0 Å². The number of nitrogen functional groups attached to an aromatic ring is 1. The molecule has 0 radical (unpaired) electrons. The summed E-state index contributed by atoms with van der Waals surface area (Å²) in [5, 5.41) is 0. The van der Waals surface area contributed by atoms with Crippen molar-refractivity contribution in [2.45, 2.75) is 59.0 Å². The number of ether oxygens (including phenoxy) is 1. The van der Waals surface area contributed by atoms with Crippen LogP contribution in [0.4, 0.5) is 5.69 Å². The van der Waals surface area contributed by atoms with Crippen molar-refractivity contribution in [2.75, 3.05) is 12.3 Å². The van der Waals surface area contributed by atoms with Gasteiger partial charge in [-0.05, 0) is 61.1 Å². The second-order valence-electron chi connectivity index (χ2n) is 7.08. The van der Waals surface area contributed by atoms with Gasteiger partial charge in [0.2, 0.25) is 0 Å². The molecule has 1 aliphatic carbocycles. The number of anilines is 1. The van der Waals surface area contributed by atoms with Gasteiger partial charge in [-0.15, -0.1) is 0 Å². The van der Waals surface area contributed by atoms with Crippen LogP contribution in [0, 0.1) is 17.8 Å². The first-order valence-electron chi connectivity index (χ1n) is 8.52. The van der Waals surface area contributed by atoms with E-state index >= 15 is 0 Å². The molecule has 2 rings (SSSR count). The van der Waals surface area contributed by atoms with E-state index in [-0.39, 0.29) is 0 Å². The van der Waals surface area contributed by atoms with Crippen molar-refractivity contribution in [3.05, 3.63) is 29.8 Å². The molecule has 21 heavy (non-hydrogen) atoms. The van der Waals surface area contributed by atoms with E-state index in [0.717, 1.165) is 42.9 Å². The Labute approximate surface area is 130 Å². The molecule has 0 aliphatic heterocycles. The van der Waals surface area contributed by atoms with Gasteiger partial charge >= 0.3 is 0 Å². The minimum atomic E-state index is 0.467. The molecule has 3 unspecified atom stereocenters. The first-order valence-corrected chi connectivity index (χ1v) is 8.52. The van der Waals surface area contributed by atoms with Crippen molar-refractivity contribution >= 4 is 5.69 Å². The number of hydrogen-bond donors (Lipinski definition) is 1. The lowest BCUT2D eigenvalue weighted by Crippen LogP contribution is -2.34. The summed E-state index contributed by atoms with van der Waals surface area (Å²) in [5.74, 6) is 2.30. The zero-order valence-electron chi connectivity index (χ0n) is 13.8. The molecule has 2 N–H and O–H groups in total. The van der Waals surface area contributed by atoms with E-state index in [0.29, 0.717) is 6.10 Å². The molecule has 1 aliphatic rings. The molecule has 2 heteroatoms. The monoisotopic (exact) mass is 289 g/mol. The largest absolute Gasteiger partial charge is 0.399 e. The third kappa shape index (κ3) is 5.03. The Morgan fingerprint density at radius 3 is 2.81 bits per heavy atom. The summed E-state index contributed by atoms with van der Waals surface area (Å²) in [4.78, 5) is 0. The van der Waals surface area contributed by atoms with Crippen molar-refractivity contribution in [3.63, 3.8) is 0 Å². The van der Waals surface area contributed by atoms with Gasteiger partial charge in [0.05, 0.1) is 6.10 Å². The molecule has 1 aromatic rings. The van der Waals surface area contributed by atoms with Gasteiger partial charge in [0, 0.05) is 12.3 Å². The number of aryl methyl sites for hydroxylation is 1. The molecule has 1 saturated carbocycles. The standard InChI is InChI=1S/C19H31NO/c1-14(2)18-10-9-15(3)12-19(18)21-11-5-7-16-6-4-8-17(20)13-16/h4,6,8,13-15,18-19H,5,7,9-12,20H2,1-3H3. The normalized spacial score (nSPS) is 26.2. The van der Waals surface area contributed by atoms with E-state index in [4.69, 9.17) is 10.5 Å². The summed E-state index contributed by atoms with van der Waals surface area (Å²) < 4.78 is 6.25. The smallest absolute Gasteiger partial charge is 0.0608 e. The fraction of sp³-hybridized carbons (Fsp3) is 0.684. The summed E-state index contributed by atoms with van der Waals surface area (Å²) in [6.07, 6.45) is 6.54. The third-order valence-corrected chi connectivity index (χ3v) is 4.85. The second kappa shape index (κ2) is 7.84. The highest BCUT2D eigenvalue weighted by molar-refractivity contribution is 5.40. The van der Waals surface area contributed by atoms with Crippen LogP contribution in [0.25, 0.3) is 0 Å². The van der Waals surface area contributed by atoms with Crippen LogP contribution < -0.4 is 5.73 Å². The molecular weight excluding hydrogens is 258 g/mol. The zero-order valence-corrected chi connectivity index (χ0v) is 13.8. The van der Waals surface area contributed by atoms with Crippen LogP contribution >= 0.6 is 0 Å². The Kier molecular flexibility index (Phi) is 6.10. The van der Waals surface area contributed by atoms with Gasteiger partial charge in [-0.3, -0.25) is 0 Å². The Balaban J connectivity index is 1.76. The number of rotatable bonds is 6. The van der Waals surface area contributed by atoms with Crippen LogP contribution in [-0.2, 0) is 11.2 Å². The van der Waals surface area contributed by atoms with Gasteiger partial charge in [-0.1, -0.05) is 39.3 Å². The van der Waals surface area contributed by atoms with Crippen molar-refractivity contribution in [1.82, 2.24) is 0 Å². The lowest BCUT2D eigenvalue weighted by atomic mass is 9.75. The Hall–Kier alpha value is -1.02. The molecular formula is C19H31NO. The number of hydrogen-bond acceptors (Lipinski definition) is 2.